The molecule has 0 unspecified atom stereocenters. The van der Waals surface area contributed by atoms with Gasteiger partial charge in [-0.1, -0.05) is 57.2 Å². The largest absolute Gasteiger partial charge is 0.493 e. The fraction of sp³-hybridized carbons (Fsp3) is 0.271. The van der Waals surface area contributed by atoms with E-state index >= 15 is 0 Å². The quantitative estimate of drug-likeness (QED) is 0.159. The third kappa shape index (κ3) is 7.33. The van der Waals surface area contributed by atoms with Gasteiger partial charge in [0.1, 0.15) is 19.0 Å². The summed E-state index contributed by atoms with van der Waals surface area (Å²) in [5.41, 5.74) is 8.87. The van der Waals surface area contributed by atoms with E-state index in [1.807, 2.05) is 118 Å². The van der Waals surface area contributed by atoms with Crippen molar-refractivity contribution in [2.24, 2.45) is 15.4 Å². The maximum atomic E-state index is 13.9. The minimum absolute atomic E-state index is 0.0823. The molecule has 4 heterocycles. The standard InChI is InChI=1S/C48H45N5O6/c1-28-14-36-38(49-24-34-18-31-10-6-8-12-40(31)52(34)46(36)55)21-42(28)58-26-29-15-30(17-33(16-29)51-45(54)23-48(2,3)4)27-59-44-22-39-37(20-43(44)57-5)47(56)53-35(25-50-39)19-32-11-7-9-13-41(32)53/h6-17,20-22,24-25,34-35H,18-19,23,26-27H2,1-5H3,(H,51,54)/t34-,35-/m0/s1. The topological polar surface area (TPSA) is 122 Å². The normalized spacial score (nSPS) is 17.2. The number of methoxy groups -OCH3 is 1. The van der Waals surface area contributed by atoms with Gasteiger partial charge in [0, 0.05) is 60.9 Å². The summed E-state index contributed by atoms with van der Waals surface area (Å²) < 4.78 is 18.6. The molecule has 0 saturated heterocycles. The Morgan fingerprint density at radius 2 is 1.24 bits per heavy atom. The molecule has 0 bridgehead atoms. The van der Waals surface area contributed by atoms with Gasteiger partial charge in [-0.25, -0.2) is 0 Å². The number of carbonyl (C=O) groups is 3. The molecule has 9 rings (SSSR count). The first-order valence-electron chi connectivity index (χ1n) is 19.9. The second kappa shape index (κ2) is 14.9. The van der Waals surface area contributed by atoms with Crippen LogP contribution in [0.3, 0.4) is 0 Å². The lowest BCUT2D eigenvalue weighted by molar-refractivity contribution is -0.117. The van der Waals surface area contributed by atoms with Crippen LogP contribution in [0.25, 0.3) is 0 Å². The molecule has 298 valence electrons. The van der Waals surface area contributed by atoms with Crippen molar-refractivity contribution in [3.63, 3.8) is 0 Å². The van der Waals surface area contributed by atoms with Gasteiger partial charge < -0.3 is 19.5 Å². The summed E-state index contributed by atoms with van der Waals surface area (Å²) >= 11 is 0. The summed E-state index contributed by atoms with van der Waals surface area (Å²) in [6.07, 6.45) is 5.44. The number of nitrogens with zero attached hydrogens (tertiary/aromatic N) is 4. The number of ether oxygens (including phenoxy) is 3. The first kappa shape index (κ1) is 37.8. The molecule has 4 aliphatic heterocycles. The number of hydrogen-bond donors (Lipinski definition) is 1. The highest BCUT2D eigenvalue weighted by Gasteiger charge is 2.38. The van der Waals surface area contributed by atoms with Crippen molar-refractivity contribution < 1.29 is 28.6 Å². The molecule has 59 heavy (non-hydrogen) atoms. The van der Waals surface area contributed by atoms with Gasteiger partial charge in [-0.05, 0) is 82.6 Å². The smallest absolute Gasteiger partial charge is 0.261 e. The predicted octanol–water partition coefficient (Wildman–Crippen LogP) is 9.11. The van der Waals surface area contributed by atoms with Crippen LogP contribution < -0.4 is 29.3 Å². The maximum absolute atomic E-state index is 13.9. The van der Waals surface area contributed by atoms with Gasteiger partial charge >= 0.3 is 0 Å². The average Bonchev–Trinajstić information content (AvgIpc) is 3.70. The molecule has 5 aromatic rings. The lowest BCUT2D eigenvalue weighted by atomic mass is 9.92. The zero-order valence-corrected chi connectivity index (χ0v) is 33.7. The van der Waals surface area contributed by atoms with Crippen LogP contribution >= 0.6 is 0 Å². The molecular weight excluding hydrogens is 743 g/mol. The van der Waals surface area contributed by atoms with Crippen LogP contribution in [0.15, 0.2) is 101 Å². The lowest BCUT2D eigenvalue weighted by Crippen LogP contribution is -2.37. The van der Waals surface area contributed by atoms with Crippen molar-refractivity contribution >= 4 is 58.6 Å². The number of hydrogen-bond acceptors (Lipinski definition) is 8. The van der Waals surface area contributed by atoms with Crippen molar-refractivity contribution in [2.75, 3.05) is 22.2 Å². The van der Waals surface area contributed by atoms with Crippen LogP contribution in [0.2, 0.25) is 0 Å². The number of rotatable bonds is 9. The van der Waals surface area contributed by atoms with Crippen LogP contribution in [-0.4, -0.2) is 49.3 Å². The Balaban J connectivity index is 0.966. The van der Waals surface area contributed by atoms with E-state index in [-0.39, 0.29) is 48.4 Å². The molecule has 2 atom stereocenters. The number of anilines is 3. The highest BCUT2D eigenvalue weighted by molar-refractivity contribution is 6.15. The molecule has 0 radical (unpaired) electrons. The summed E-state index contributed by atoms with van der Waals surface area (Å²) in [7, 11) is 1.54. The molecule has 1 N–H and O–H groups in total. The molecule has 3 amide bonds. The number of carbonyl (C=O) groups excluding carboxylic acids is 3. The summed E-state index contributed by atoms with van der Waals surface area (Å²) in [5, 5.41) is 3.07. The van der Waals surface area contributed by atoms with E-state index in [0.717, 1.165) is 45.6 Å². The molecule has 4 aliphatic rings. The van der Waals surface area contributed by atoms with E-state index in [1.165, 1.54) is 0 Å². The summed E-state index contributed by atoms with van der Waals surface area (Å²) in [4.78, 5) is 54.1. The van der Waals surface area contributed by atoms with Crippen LogP contribution in [0.5, 0.6) is 17.2 Å². The first-order chi connectivity index (χ1) is 28.4. The van der Waals surface area contributed by atoms with Crippen LogP contribution in [0, 0.1) is 12.3 Å². The molecule has 0 spiro atoms. The Morgan fingerprint density at radius 1 is 0.712 bits per heavy atom. The van der Waals surface area contributed by atoms with E-state index in [4.69, 9.17) is 24.2 Å². The lowest BCUT2D eigenvalue weighted by Gasteiger charge is -2.22. The molecule has 11 heteroatoms. The zero-order chi connectivity index (χ0) is 41.0. The highest BCUT2D eigenvalue weighted by Crippen LogP contribution is 2.42. The second-order valence-electron chi connectivity index (χ2n) is 16.8. The van der Waals surface area contributed by atoms with Gasteiger partial charge in [0.05, 0.1) is 41.7 Å². The van der Waals surface area contributed by atoms with Crippen molar-refractivity contribution in [3.05, 3.63) is 130 Å². The van der Waals surface area contributed by atoms with Crippen molar-refractivity contribution in [1.82, 2.24) is 0 Å². The Kier molecular flexibility index (Phi) is 9.54. The van der Waals surface area contributed by atoms with E-state index in [1.54, 1.807) is 24.1 Å². The fourth-order valence-electron chi connectivity index (χ4n) is 8.40. The number of para-hydroxylation sites is 2. The number of aryl methyl sites for hydroxylation is 1. The van der Waals surface area contributed by atoms with Gasteiger partial charge in [0.25, 0.3) is 11.8 Å². The third-order valence-corrected chi connectivity index (χ3v) is 11.1. The SMILES string of the molecule is COc1cc2c(cc1OCc1cc(COc3cc4c(cc3C)C(=O)N3c5ccccc5C[C@H]3C=N4)cc(NC(=O)CC(C)(C)C)c1)N=C[C@@H]1Cc3ccccc3N1C2=O. The molecule has 0 saturated carbocycles. The van der Waals surface area contributed by atoms with Crippen LogP contribution in [0.1, 0.15) is 75.7 Å². The van der Waals surface area contributed by atoms with Crippen molar-refractivity contribution in [3.8, 4) is 17.2 Å². The summed E-state index contributed by atoms with van der Waals surface area (Å²) in [5.74, 6) is 1.10. The van der Waals surface area contributed by atoms with E-state index in [0.29, 0.717) is 58.3 Å². The Labute approximate surface area is 343 Å². The molecular formula is C48H45N5O6. The molecule has 0 aliphatic carbocycles. The number of fused-ring (bicyclic) bond motifs is 8. The third-order valence-electron chi connectivity index (χ3n) is 11.1. The monoisotopic (exact) mass is 787 g/mol. The first-order valence-corrected chi connectivity index (χ1v) is 19.9. The summed E-state index contributed by atoms with van der Waals surface area (Å²) in [6.45, 7) is 8.29. The molecule has 11 nitrogen and oxygen atoms in total. The Morgan fingerprint density at radius 3 is 1.80 bits per heavy atom. The number of aliphatic imine (C=N–C) groups is 2. The molecule has 5 aromatic carbocycles. The fourth-order valence-corrected chi connectivity index (χ4v) is 8.40. The Hall–Kier alpha value is -6.75. The van der Waals surface area contributed by atoms with E-state index < -0.39 is 0 Å². The van der Waals surface area contributed by atoms with Gasteiger partial charge in [0.2, 0.25) is 5.91 Å². The van der Waals surface area contributed by atoms with Crippen molar-refractivity contribution in [1.29, 1.82) is 0 Å². The van der Waals surface area contributed by atoms with E-state index in [2.05, 4.69) is 11.4 Å². The zero-order valence-electron chi connectivity index (χ0n) is 33.7. The highest BCUT2D eigenvalue weighted by atomic mass is 16.5. The van der Waals surface area contributed by atoms with Gasteiger partial charge in [-0.3, -0.25) is 34.2 Å². The van der Waals surface area contributed by atoms with Crippen molar-refractivity contribution in [2.45, 2.75) is 72.3 Å². The number of nitrogens with one attached hydrogen (secondary N) is 1. The van der Waals surface area contributed by atoms with Gasteiger partial charge in [-0.2, -0.15) is 0 Å². The maximum Gasteiger partial charge on any atom is 0.261 e. The average molecular weight is 788 g/mol. The van der Waals surface area contributed by atoms with E-state index in [9.17, 15) is 14.4 Å². The number of amides is 3. The molecule has 0 fully saturated rings. The van der Waals surface area contributed by atoms with Gasteiger partial charge in [-0.15, -0.1) is 0 Å². The Bertz CT molecular complexity index is 2610. The predicted molar refractivity (Wildman–Crippen MR) is 230 cm³/mol. The van der Waals surface area contributed by atoms with Crippen LogP contribution in [0.4, 0.5) is 28.4 Å². The molecule has 0 aromatic heterocycles. The minimum Gasteiger partial charge on any atom is -0.493 e. The minimum atomic E-state index is -0.201. The van der Waals surface area contributed by atoms with Crippen LogP contribution in [-0.2, 0) is 30.8 Å². The number of benzene rings is 5. The second-order valence-corrected chi connectivity index (χ2v) is 16.8. The van der Waals surface area contributed by atoms with Gasteiger partial charge in [0.15, 0.2) is 11.5 Å². The summed E-state index contributed by atoms with van der Waals surface area (Å²) in [6, 6.07) is 28.4.